The van der Waals surface area contributed by atoms with E-state index in [-0.39, 0.29) is 0 Å². The molecule has 0 amide bonds. The van der Waals surface area contributed by atoms with Gasteiger partial charge in [0, 0.05) is 0 Å². The van der Waals surface area contributed by atoms with Crippen LogP contribution >= 0.6 is 23.5 Å². The van der Waals surface area contributed by atoms with Crippen LogP contribution in [0.2, 0.25) is 0 Å². The minimum Gasteiger partial charge on any atom is -0.147 e. The van der Waals surface area contributed by atoms with Gasteiger partial charge in [-0.2, -0.15) is 0 Å². The number of benzene rings is 1. The molecule has 1 heterocycles. The molecule has 0 aromatic heterocycles. The Balaban J connectivity index is 1.99. The van der Waals surface area contributed by atoms with E-state index < -0.39 is 0 Å². The first-order chi connectivity index (χ1) is 6.86. The Morgan fingerprint density at radius 1 is 1.21 bits per heavy atom. The van der Waals surface area contributed by atoms with Gasteiger partial charge in [0.15, 0.2) is 0 Å². The molecule has 1 aliphatic rings. The fraction of sp³-hybridized carbons (Fsp3) is 0.500. The summed E-state index contributed by atoms with van der Waals surface area (Å²) in [6.07, 6.45) is 2.63. The predicted molar refractivity (Wildman–Crippen MR) is 68.2 cm³/mol. The maximum atomic E-state index is 2.27. The van der Waals surface area contributed by atoms with Gasteiger partial charge >= 0.3 is 0 Å². The molecule has 0 spiro atoms. The van der Waals surface area contributed by atoms with E-state index in [1.54, 1.807) is 0 Å². The number of hydrogen-bond donors (Lipinski definition) is 0. The fourth-order valence-corrected chi connectivity index (χ4v) is 4.56. The van der Waals surface area contributed by atoms with Gasteiger partial charge in [-0.25, -0.2) is 0 Å². The van der Waals surface area contributed by atoms with Gasteiger partial charge < -0.3 is 0 Å². The predicted octanol–water partition coefficient (Wildman–Crippen LogP) is 3.73. The first-order valence-corrected chi connectivity index (χ1v) is 7.24. The molecule has 0 atom stereocenters. The lowest BCUT2D eigenvalue weighted by Crippen LogP contribution is -2.10. The van der Waals surface area contributed by atoms with Crippen LogP contribution in [0.5, 0.6) is 0 Å². The Morgan fingerprint density at radius 2 is 1.93 bits per heavy atom. The van der Waals surface area contributed by atoms with E-state index in [1.807, 2.05) is 0 Å². The van der Waals surface area contributed by atoms with Gasteiger partial charge in [0.2, 0.25) is 0 Å². The second-order valence-corrected chi connectivity index (χ2v) is 6.57. The Hall–Kier alpha value is -0.0800. The molecule has 0 nitrogen and oxygen atoms in total. The Morgan fingerprint density at radius 3 is 2.64 bits per heavy atom. The zero-order valence-corrected chi connectivity index (χ0v) is 10.2. The van der Waals surface area contributed by atoms with E-state index in [0.717, 1.165) is 4.58 Å². The maximum Gasteiger partial charge on any atom is 0.0542 e. The van der Waals surface area contributed by atoms with Gasteiger partial charge in [0.05, 0.1) is 4.58 Å². The van der Waals surface area contributed by atoms with Crippen LogP contribution in [0.25, 0.3) is 0 Å². The van der Waals surface area contributed by atoms with Gasteiger partial charge in [-0.15, -0.1) is 23.5 Å². The Bertz CT molecular complexity index is 290. The summed E-state index contributed by atoms with van der Waals surface area (Å²) in [4.78, 5) is 0. The monoisotopic (exact) mass is 224 g/mol. The lowest BCUT2D eigenvalue weighted by atomic mass is 10.1. The van der Waals surface area contributed by atoms with Crippen molar-refractivity contribution in [2.45, 2.75) is 24.3 Å². The molecule has 0 unspecified atom stereocenters. The van der Waals surface area contributed by atoms with Crippen LogP contribution in [0.4, 0.5) is 0 Å². The molecule has 0 radical (unpaired) electrons. The highest BCUT2D eigenvalue weighted by Crippen LogP contribution is 2.33. The average molecular weight is 224 g/mol. The van der Waals surface area contributed by atoms with Gasteiger partial charge in [-0.1, -0.05) is 24.3 Å². The molecule has 0 N–H and O–H groups in total. The second kappa shape index (κ2) is 5.13. The summed E-state index contributed by atoms with van der Waals surface area (Å²) in [5.74, 6) is 2.70. The van der Waals surface area contributed by atoms with Gasteiger partial charge in [-0.05, 0) is 42.4 Å². The fourth-order valence-electron chi connectivity index (χ4n) is 1.67. The van der Waals surface area contributed by atoms with Crippen LogP contribution < -0.4 is 0 Å². The van der Waals surface area contributed by atoms with Crippen molar-refractivity contribution in [1.29, 1.82) is 0 Å². The van der Waals surface area contributed by atoms with Crippen LogP contribution in [0.1, 0.15) is 17.5 Å². The highest BCUT2D eigenvalue weighted by atomic mass is 32.2. The number of aryl methyl sites for hydroxylation is 1. The summed E-state index contributed by atoms with van der Waals surface area (Å²) in [6.45, 7) is 2.22. The molecule has 0 bridgehead atoms. The topological polar surface area (TPSA) is 0 Å². The van der Waals surface area contributed by atoms with Crippen LogP contribution in [-0.2, 0) is 6.42 Å². The van der Waals surface area contributed by atoms with Crippen molar-refractivity contribution in [2.24, 2.45) is 0 Å². The zero-order valence-electron chi connectivity index (χ0n) is 8.53. The van der Waals surface area contributed by atoms with Crippen molar-refractivity contribution < 1.29 is 0 Å². The van der Waals surface area contributed by atoms with Gasteiger partial charge in [0.1, 0.15) is 0 Å². The summed E-state index contributed by atoms with van der Waals surface area (Å²) in [7, 11) is 0. The number of thioether (sulfide) groups is 2. The summed E-state index contributed by atoms with van der Waals surface area (Å²) in [6, 6.07) is 8.76. The number of hydrogen-bond acceptors (Lipinski definition) is 2. The third-order valence-corrected chi connectivity index (χ3v) is 5.49. The van der Waals surface area contributed by atoms with E-state index >= 15 is 0 Å². The summed E-state index contributed by atoms with van der Waals surface area (Å²) in [5, 5.41) is 0. The third kappa shape index (κ3) is 2.71. The molecule has 2 rings (SSSR count). The molecule has 0 saturated carbocycles. The Kier molecular flexibility index (Phi) is 3.82. The molecule has 1 aliphatic heterocycles. The van der Waals surface area contributed by atoms with Crippen molar-refractivity contribution in [1.82, 2.24) is 0 Å². The summed E-state index contributed by atoms with van der Waals surface area (Å²) < 4.78 is 0.796. The van der Waals surface area contributed by atoms with Crippen molar-refractivity contribution in [2.75, 3.05) is 11.5 Å². The van der Waals surface area contributed by atoms with E-state index in [2.05, 4.69) is 54.7 Å². The van der Waals surface area contributed by atoms with E-state index in [4.69, 9.17) is 0 Å². The lowest BCUT2D eigenvalue weighted by Gasteiger charge is -2.21. The molecule has 1 saturated heterocycles. The highest BCUT2D eigenvalue weighted by molar-refractivity contribution is 8.17. The SMILES string of the molecule is Cc1ccccc1CC1SCCCS1. The highest BCUT2D eigenvalue weighted by Gasteiger charge is 2.15. The van der Waals surface area contributed by atoms with E-state index in [0.29, 0.717) is 0 Å². The maximum absolute atomic E-state index is 2.27. The van der Waals surface area contributed by atoms with Crippen molar-refractivity contribution in [3.63, 3.8) is 0 Å². The molecule has 14 heavy (non-hydrogen) atoms. The standard InChI is InChI=1S/C12H16S2/c1-10-5-2-3-6-11(10)9-12-13-7-4-8-14-12/h2-3,5-6,12H,4,7-9H2,1H3. The lowest BCUT2D eigenvalue weighted by molar-refractivity contribution is 1.03. The van der Waals surface area contributed by atoms with Crippen molar-refractivity contribution >= 4 is 23.5 Å². The molecule has 1 aromatic rings. The summed E-state index contributed by atoms with van der Waals surface area (Å²) in [5.41, 5.74) is 2.97. The molecular formula is C12H16S2. The van der Waals surface area contributed by atoms with Crippen LogP contribution in [0.15, 0.2) is 24.3 Å². The normalized spacial score (nSPS) is 18.4. The van der Waals surface area contributed by atoms with E-state index in [1.165, 1.54) is 35.5 Å². The van der Waals surface area contributed by atoms with Crippen LogP contribution in [-0.4, -0.2) is 16.1 Å². The van der Waals surface area contributed by atoms with Gasteiger partial charge in [-0.3, -0.25) is 0 Å². The van der Waals surface area contributed by atoms with Crippen molar-refractivity contribution in [3.05, 3.63) is 35.4 Å². The second-order valence-electron chi connectivity index (χ2n) is 3.66. The molecular weight excluding hydrogens is 208 g/mol. The number of rotatable bonds is 2. The average Bonchev–Trinajstić information content (AvgIpc) is 2.23. The molecule has 0 aliphatic carbocycles. The molecule has 2 heteroatoms. The van der Waals surface area contributed by atoms with E-state index in [9.17, 15) is 0 Å². The minimum atomic E-state index is 0.796. The van der Waals surface area contributed by atoms with Crippen molar-refractivity contribution in [3.8, 4) is 0 Å². The molecule has 1 fully saturated rings. The third-order valence-electron chi connectivity index (χ3n) is 2.54. The smallest absolute Gasteiger partial charge is 0.0542 e. The van der Waals surface area contributed by atoms with Gasteiger partial charge in [0.25, 0.3) is 0 Å². The molecule has 1 aromatic carbocycles. The quantitative estimate of drug-likeness (QED) is 0.750. The van der Waals surface area contributed by atoms with Crippen LogP contribution in [0.3, 0.4) is 0 Å². The summed E-state index contributed by atoms with van der Waals surface area (Å²) >= 11 is 4.26. The van der Waals surface area contributed by atoms with Crippen LogP contribution in [0, 0.1) is 6.92 Å². The minimum absolute atomic E-state index is 0.796. The first kappa shape index (κ1) is 10.4. The zero-order chi connectivity index (χ0) is 9.80. The first-order valence-electron chi connectivity index (χ1n) is 5.14. The molecule has 76 valence electrons. The largest absolute Gasteiger partial charge is 0.147 e. The Labute approximate surface area is 94.9 Å².